The molecule has 2 aliphatic heterocycles. The van der Waals surface area contributed by atoms with Crippen LogP contribution in [-0.2, 0) is 6.42 Å². The molecule has 94 valence electrons. The third-order valence-corrected chi connectivity index (χ3v) is 3.66. The maximum atomic E-state index is 4.51. The second-order valence-electron chi connectivity index (χ2n) is 4.80. The van der Waals surface area contributed by atoms with Crippen molar-refractivity contribution in [1.29, 1.82) is 0 Å². The van der Waals surface area contributed by atoms with Crippen LogP contribution in [0.1, 0.15) is 43.3 Å². The van der Waals surface area contributed by atoms with Crippen LogP contribution in [0, 0.1) is 0 Å². The molecule has 1 aromatic heterocycles. The maximum absolute atomic E-state index is 4.51. The normalized spacial score (nSPS) is 20.2. The summed E-state index contributed by atoms with van der Waals surface area (Å²) in [5, 5.41) is 0. The summed E-state index contributed by atoms with van der Waals surface area (Å²) in [6.07, 6.45) is 13.1. The van der Waals surface area contributed by atoms with E-state index in [-0.39, 0.29) is 0 Å². The number of hydrogen-bond acceptors (Lipinski definition) is 3. The van der Waals surface area contributed by atoms with Crippen molar-refractivity contribution in [2.45, 2.75) is 32.9 Å². The molecule has 3 heteroatoms. The van der Waals surface area contributed by atoms with E-state index in [0.29, 0.717) is 6.17 Å². The molecular weight excluding hydrogens is 222 g/mol. The van der Waals surface area contributed by atoms with Crippen molar-refractivity contribution in [1.82, 2.24) is 14.8 Å². The first kappa shape index (κ1) is 11.3. The van der Waals surface area contributed by atoms with Gasteiger partial charge in [0.25, 0.3) is 0 Å². The molecule has 3 heterocycles. The Bertz CT molecular complexity index is 504. The lowest BCUT2D eigenvalue weighted by Crippen LogP contribution is -2.32. The molecular formula is C15H19N3. The number of fused-ring (bicyclic) bond motifs is 3. The summed E-state index contributed by atoms with van der Waals surface area (Å²) in [7, 11) is 0. The molecule has 0 saturated carbocycles. The van der Waals surface area contributed by atoms with Crippen molar-refractivity contribution in [3.8, 4) is 0 Å². The Kier molecular flexibility index (Phi) is 2.82. The topological polar surface area (TPSA) is 19.4 Å². The molecule has 0 spiro atoms. The van der Waals surface area contributed by atoms with Gasteiger partial charge in [-0.15, -0.1) is 0 Å². The van der Waals surface area contributed by atoms with Gasteiger partial charge in [0.2, 0.25) is 0 Å². The first-order chi connectivity index (χ1) is 8.85. The van der Waals surface area contributed by atoms with Gasteiger partial charge in [0.05, 0.1) is 5.69 Å². The fraction of sp³-hybridized carbons (Fsp3) is 0.400. The second kappa shape index (κ2) is 4.48. The number of aryl methyl sites for hydroxylation is 1. The highest BCUT2D eigenvalue weighted by molar-refractivity contribution is 5.56. The molecule has 0 fully saturated rings. The lowest BCUT2D eigenvalue weighted by Gasteiger charge is -2.35. The van der Waals surface area contributed by atoms with Crippen LogP contribution in [0.4, 0.5) is 0 Å². The number of pyridine rings is 1. The SMILES string of the molecule is CCCN1C=CN2C=Cc3nccc(CC)c3C21. The van der Waals surface area contributed by atoms with Gasteiger partial charge in [0.1, 0.15) is 6.17 Å². The summed E-state index contributed by atoms with van der Waals surface area (Å²) >= 11 is 0. The van der Waals surface area contributed by atoms with Crippen LogP contribution in [0.15, 0.2) is 30.9 Å². The monoisotopic (exact) mass is 241 g/mol. The first-order valence-corrected chi connectivity index (χ1v) is 6.72. The first-order valence-electron chi connectivity index (χ1n) is 6.72. The summed E-state index contributed by atoms with van der Waals surface area (Å²) in [4.78, 5) is 9.20. The van der Waals surface area contributed by atoms with Gasteiger partial charge in [-0.05, 0) is 30.5 Å². The predicted molar refractivity (Wildman–Crippen MR) is 73.4 cm³/mol. The van der Waals surface area contributed by atoms with Crippen molar-refractivity contribution in [3.63, 3.8) is 0 Å². The van der Waals surface area contributed by atoms with Crippen LogP contribution in [0.2, 0.25) is 0 Å². The van der Waals surface area contributed by atoms with E-state index in [9.17, 15) is 0 Å². The molecule has 0 N–H and O–H groups in total. The van der Waals surface area contributed by atoms with E-state index in [0.717, 1.165) is 25.1 Å². The lowest BCUT2D eigenvalue weighted by atomic mass is 9.98. The van der Waals surface area contributed by atoms with Crippen molar-refractivity contribution in [2.24, 2.45) is 0 Å². The fourth-order valence-corrected chi connectivity index (χ4v) is 2.83. The Morgan fingerprint density at radius 3 is 2.89 bits per heavy atom. The van der Waals surface area contributed by atoms with Gasteiger partial charge in [0, 0.05) is 36.9 Å². The highest BCUT2D eigenvalue weighted by atomic mass is 15.4. The Hall–Kier alpha value is -1.77. The average molecular weight is 241 g/mol. The van der Waals surface area contributed by atoms with E-state index in [1.165, 1.54) is 11.1 Å². The fourth-order valence-electron chi connectivity index (χ4n) is 2.83. The Balaban J connectivity index is 2.07. The summed E-state index contributed by atoms with van der Waals surface area (Å²) in [5.41, 5.74) is 3.91. The van der Waals surface area contributed by atoms with Crippen molar-refractivity contribution >= 4 is 6.08 Å². The quantitative estimate of drug-likeness (QED) is 0.810. The molecule has 2 aliphatic rings. The zero-order valence-electron chi connectivity index (χ0n) is 11.0. The molecule has 0 amide bonds. The molecule has 0 saturated heterocycles. The van der Waals surface area contributed by atoms with Crippen LogP contribution in [0.3, 0.4) is 0 Å². The van der Waals surface area contributed by atoms with Crippen LogP contribution < -0.4 is 0 Å². The molecule has 0 radical (unpaired) electrons. The third-order valence-electron chi connectivity index (χ3n) is 3.66. The third kappa shape index (κ3) is 1.62. The van der Waals surface area contributed by atoms with Crippen LogP contribution in [0.5, 0.6) is 0 Å². The minimum Gasteiger partial charge on any atom is -0.352 e. The lowest BCUT2D eigenvalue weighted by molar-refractivity contribution is 0.192. The molecule has 1 atom stereocenters. The molecule has 0 bridgehead atoms. The molecule has 1 aromatic rings. The molecule has 3 rings (SSSR count). The highest BCUT2D eigenvalue weighted by Crippen LogP contribution is 2.38. The highest BCUT2D eigenvalue weighted by Gasteiger charge is 2.32. The summed E-state index contributed by atoms with van der Waals surface area (Å²) in [6.45, 7) is 5.52. The number of hydrogen-bond donors (Lipinski definition) is 0. The predicted octanol–water partition coefficient (Wildman–Crippen LogP) is 3.13. The van der Waals surface area contributed by atoms with E-state index >= 15 is 0 Å². The number of nitrogens with zero attached hydrogens (tertiary/aromatic N) is 3. The Labute approximate surface area is 108 Å². The van der Waals surface area contributed by atoms with Crippen LogP contribution in [-0.4, -0.2) is 21.3 Å². The largest absolute Gasteiger partial charge is 0.352 e. The van der Waals surface area contributed by atoms with E-state index in [1.54, 1.807) is 0 Å². The van der Waals surface area contributed by atoms with Crippen molar-refractivity contribution in [3.05, 3.63) is 47.7 Å². The minimum atomic E-state index is 0.314. The van der Waals surface area contributed by atoms with Gasteiger partial charge >= 0.3 is 0 Å². The summed E-state index contributed by atoms with van der Waals surface area (Å²) in [6, 6.07) is 2.15. The standard InChI is InChI=1S/C15H19N3/c1-3-8-17-10-11-18-9-6-13-14(15(17)18)12(4-2)5-7-16-13/h5-7,9-11,15H,3-4,8H2,1-2H3. The Morgan fingerprint density at radius 1 is 1.22 bits per heavy atom. The zero-order valence-corrected chi connectivity index (χ0v) is 11.0. The van der Waals surface area contributed by atoms with Gasteiger partial charge in [-0.1, -0.05) is 13.8 Å². The van der Waals surface area contributed by atoms with E-state index in [4.69, 9.17) is 0 Å². The second-order valence-corrected chi connectivity index (χ2v) is 4.80. The van der Waals surface area contributed by atoms with Crippen molar-refractivity contribution < 1.29 is 0 Å². The van der Waals surface area contributed by atoms with Gasteiger partial charge < -0.3 is 9.80 Å². The number of rotatable bonds is 3. The van der Waals surface area contributed by atoms with Crippen LogP contribution >= 0.6 is 0 Å². The molecule has 1 unspecified atom stereocenters. The molecule has 0 aliphatic carbocycles. The maximum Gasteiger partial charge on any atom is 0.133 e. The average Bonchev–Trinajstić information content (AvgIpc) is 2.82. The number of aromatic nitrogens is 1. The smallest absolute Gasteiger partial charge is 0.133 e. The molecule has 3 nitrogen and oxygen atoms in total. The van der Waals surface area contributed by atoms with Crippen LogP contribution in [0.25, 0.3) is 6.08 Å². The van der Waals surface area contributed by atoms with E-state index in [1.807, 2.05) is 6.20 Å². The molecule has 0 aromatic carbocycles. The minimum absolute atomic E-state index is 0.314. The van der Waals surface area contributed by atoms with Gasteiger partial charge in [-0.2, -0.15) is 0 Å². The van der Waals surface area contributed by atoms with Gasteiger partial charge in [-0.3, -0.25) is 4.98 Å². The van der Waals surface area contributed by atoms with Gasteiger partial charge in [0.15, 0.2) is 0 Å². The van der Waals surface area contributed by atoms with Crippen molar-refractivity contribution in [2.75, 3.05) is 6.54 Å². The zero-order chi connectivity index (χ0) is 12.5. The molecule has 18 heavy (non-hydrogen) atoms. The van der Waals surface area contributed by atoms with E-state index in [2.05, 4.69) is 59.4 Å². The summed E-state index contributed by atoms with van der Waals surface area (Å²) < 4.78 is 0. The van der Waals surface area contributed by atoms with E-state index < -0.39 is 0 Å². The van der Waals surface area contributed by atoms with Gasteiger partial charge in [-0.25, -0.2) is 0 Å². The Morgan fingerprint density at radius 2 is 2.11 bits per heavy atom. The summed E-state index contributed by atoms with van der Waals surface area (Å²) in [5.74, 6) is 0.